The highest BCUT2D eigenvalue weighted by molar-refractivity contribution is 9.10. The normalized spacial score (nSPS) is 10.1. The van der Waals surface area contributed by atoms with E-state index in [1.165, 1.54) is 12.1 Å². The number of thiophene rings is 1. The smallest absolute Gasteiger partial charge is 0.306 e. The first kappa shape index (κ1) is 12.7. The van der Waals surface area contributed by atoms with Gasteiger partial charge in [-0.3, -0.25) is 14.9 Å². The number of hydrogen-bond acceptors (Lipinski definition) is 5. The van der Waals surface area contributed by atoms with Gasteiger partial charge in [-0.25, -0.2) is 4.98 Å². The molecule has 0 aliphatic heterocycles. The Kier molecular flexibility index (Phi) is 3.68. The van der Waals surface area contributed by atoms with Crippen LogP contribution in [0.3, 0.4) is 0 Å². The topological polar surface area (TPSA) is 85.1 Å². The minimum atomic E-state index is -0.528. The van der Waals surface area contributed by atoms with E-state index in [0.717, 1.165) is 15.8 Å². The second-order valence-electron chi connectivity index (χ2n) is 3.21. The van der Waals surface area contributed by atoms with Crippen molar-refractivity contribution in [2.75, 3.05) is 5.32 Å². The van der Waals surface area contributed by atoms with Gasteiger partial charge in [-0.2, -0.15) is 0 Å². The first-order chi connectivity index (χ1) is 8.56. The summed E-state index contributed by atoms with van der Waals surface area (Å²) in [6, 6.07) is 6.08. The number of halogens is 1. The average molecular weight is 328 g/mol. The standard InChI is InChI=1S/C10H6BrN3O3S/c11-6-1-3-8(12-5-6)13-10(15)7-2-4-9(18-7)14(16)17/h1-5H,(H,12,13,15). The zero-order valence-electron chi connectivity index (χ0n) is 8.79. The summed E-state index contributed by atoms with van der Waals surface area (Å²) >= 11 is 4.05. The van der Waals surface area contributed by atoms with Crippen LogP contribution in [0.4, 0.5) is 10.8 Å². The van der Waals surface area contributed by atoms with Crippen molar-refractivity contribution in [2.45, 2.75) is 0 Å². The van der Waals surface area contributed by atoms with Crippen LogP contribution >= 0.6 is 27.3 Å². The van der Waals surface area contributed by atoms with Crippen molar-refractivity contribution >= 4 is 44.0 Å². The van der Waals surface area contributed by atoms with E-state index in [9.17, 15) is 14.9 Å². The molecular formula is C10H6BrN3O3S. The van der Waals surface area contributed by atoms with E-state index in [4.69, 9.17) is 0 Å². The molecule has 18 heavy (non-hydrogen) atoms. The van der Waals surface area contributed by atoms with Gasteiger partial charge < -0.3 is 5.32 Å². The number of hydrogen-bond donors (Lipinski definition) is 1. The van der Waals surface area contributed by atoms with Gasteiger partial charge in [-0.05, 0) is 34.1 Å². The Hall–Kier alpha value is -1.80. The van der Waals surface area contributed by atoms with E-state index in [1.54, 1.807) is 18.3 Å². The molecule has 0 aliphatic carbocycles. The number of aromatic nitrogens is 1. The molecule has 8 heteroatoms. The molecule has 0 aliphatic rings. The lowest BCUT2D eigenvalue weighted by Crippen LogP contribution is -2.10. The Morgan fingerprint density at radius 1 is 1.39 bits per heavy atom. The molecule has 1 N–H and O–H groups in total. The Morgan fingerprint density at radius 2 is 2.17 bits per heavy atom. The highest BCUT2D eigenvalue weighted by Gasteiger charge is 2.15. The monoisotopic (exact) mass is 327 g/mol. The Balaban J connectivity index is 2.11. The van der Waals surface area contributed by atoms with Crippen LogP contribution < -0.4 is 5.32 Å². The van der Waals surface area contributed by atoms with Crippen LogP contribution in [-0.2, 0) is 0 Å². The fraction of sp³-hybridized carbons (Fsp3) is 0. The van der Waals surface area contributed by atoms with Gasteiger partial charge in [0.25, 0.3) is 5.91 Å². The van der Waals surface area contributed by atoms with Gasteiger partial charge in [0.1, 0.15) is 5.82 Å². The number of nitrogens with zero attached hydrogens (tertiary/aromatic N) is 2. The van der Waals surface area contributed by atoms with Crippen molar-refractivity contribution < 1.29 is 9.72 Å². The molecule has 2 aromatic heterocycles. The minimum Gasteiger partial charge on any atom is -0.306 e. The molecule has 0 fully saturated rings. The molecule has 1 amide bonds. The summed E-state index contributed by atoms with van der Waals surface area (Å²) in [5.74, 6) is -0.0258. The van der Waals surface area contributed by atoms with Crippen LogP contribution in [0.5, 0.6) is 0 Å². The van der Waals surface area contributed by atoms with Crippen molar-refractivity contribution in [2.24, 2.45) is 0 Å². The SMILES string of the molecule is O=C(Nc1ccc(Br)cn1)c1ccc([N+](=O)[O-])s1. The van der Waals surface area contributed by atoms with Crippen molar-refractivity contribution in [3.63, 3.8) is 0 Å². The zero-order chi connectivity index (χ0) is 13.1. The maximum Gasteiger partial charge on any atom is 0.324 e. The highest BCUT2D eigenvalue weighted by atomic mass is 79.9. The first-order valence-corrected chi connectivity index (χ1v) is 6.34. The predicted octanol–water partition coefficient (Wildman–Crippen LogP) is 3.07. The van der Waals surface area contributed by atoms with Gasteiger partial charge in [0.05, 0.1) is 9.80 Å². The van der Waals surface area contributed by atoms with Gasteiger partial charge in [-0.1, -0.05) is 11.3 Å². The Bertz CT molecular complexity index is 597. The molecular weight excluding hydrogens is 322 g/mol. The largest absolute Gasteiger partial charge is 0.324 e. The Labute approximate surface area is 114 Å². The molecule has 6 nitrogen and oxygen atoms in total. The summed E-state index contributed by atoms with van der Waals surface area (Å²) in [6.07, 6.45) is 1.55. The fourth-order valence-electron chi connectivity index (χ4n) is 1.18. The second-order valence-corrected chi connectivity index (χ2v) is 5.19. The number of carbonyl (C=O) groups excluding carboxylic acids is 1. The second kappa shape index (κ2) is 5.23. The molecule has 2 rings (SSSR count). The third-order valence-corrected chi connectivity index (χ3v) is 3.47. The van der Waals surface area contributed by atoms with Crippen LogP contribution in [0.25, 0.3) is 0 Å². The van der Waals surface area contributed by atoms with E-state index in [-0.39, 0.29) is 9.88 Å². The van der Waals surface area contributed by atoms with Gasteiger partial charge in [0.15, 0.2) is 0 Å². The predicted molar refractivity (Wildman–Crippen MR) is 70.9 cm³/mol. The van der Waals surface area contributed by atoms with Gasteiger partial charge in [0.2, 0.25) is 0 Å². The summed E-state index contributed by atoms with van der Waals surface area (Å²) in [4.78, 5) is 26.0. The molecule has 0 saturated heterocycles. The number of amides is 1. The maximum atomic E-state index is 11.8. The van der Waals surface area contributed by atoms with E-state index in [0.29, 0.717) is 5.82 Å². The molecule has 0 aromatic carbocycles. The lowest BCUT2D eigenvalue weighted by Gasteiger charge is -2.01. The number of nitro groups is 1. The number of carbonyl (C=O) groups is 1. The molecule has 0 spiro atoms. The van der Waals surface area contributed by atoms with Gasteiger partial charge >= 0.3 is 5.00 Å². The van der Waals surface area contributed by atoms with Crippen LogP contribution in [0.2, 0.25) is 0 Å². The third-order valence-electron chi connectivity index (χ3n) is 1.96. The van der Waals surface area contributed by atoms with E-state index >= 15 is 0 Å². The lowest BCUT2D eigenvalue weighted by atomic mass is 10.4. The van der Waals surface area contributed by atoms with Crippen molar-refractivity contribution in [1.29, 1.82) is 0 Å². The number of rotatable bonds is 3. The van der Waals surface area contributed by atoms with Crippen molar-refractivity contribution in [3.8, 4) is 0 Å². The lowest BCUT2D eigenvalue weighted by molar-refractivity contribution is -0.380. The van der Waals surface area contributed by atoms with Crippen LogP contribution in [-0.4, -0.2) is 15.8 Å². The molecule has 0 bridgehead atoms. The molecule has 0 unspecified atom stereocenters. The molecule has 0 atom stereocenters. The van der Waals surface area contributed by atoms with E-state index in [2.05, 4.69) is 26.2 Å². The summed E-state index contributed by atoms with van der Waals surface area (Å²) < 4.78 is 0.798. The van der Waals surface area contributed by atoms with Crippen LogP contribution in [0.1, 0.15) is 9.67 Å². The minimum absolute atomic E-state index is 0.0658. The summed E-state index contributed by atoms with van der Waals surface area (Å²) in [7, 11) is 0. The molecule has 0 radical (unpaired) electrons. The molecule has 2 aromatic rings. The van der Waals surface area contributed by atoms with Crippen LogP contribution in [0, 0.1) is 10.1 Å². The quantitative estimate of drug-likeness (QED) is 0.693. The first-order valence-electron chi connectivity index (χ1n) is 4.73. The van der Waals surface area contributed by atoms with Crippen molar-refractivity contribution in [3.05, 3.63) is 49.9 Å². The van der Waals surface area contributed by atoms with Gasteiger partial charge in [0, 0.05) is 16.7 Å². The highest BCUT2D eigenvalue weighted by Crippen LogP contribution is 2.24. The number of anilines is 1. The fourth-order valence-corrected chi connectivity index (χ4v) is 2.13. The van der Waals surface area contributed by atoms with Crippen LogP contribution in [0.15, 0.2) is 34.9 Å². The number of nitrogens with one attached hydrogen (secondary N) is 1. The average Bonchev–Trinajstić information content (AvgIpc) is 2.81. The summed E-state index contributed by atoms with van der Waals surface area (Å²) in [5, 5.41) is 13.0. The number of pyridine rings is 1. The van der Waals surface area contributed by atoms with E-state index in [1.807, 2.05) is 0 Å². The molecule has 0 saturated carbocycles. The molecule has 2 heterocycles. The third kappa shape index (κ3) is 2.90. The zero-order valence-corrected chi connectivity index (χ0v) is 11.2. The van der Waals surface area contributed by atoms with Gasteiger partial charge in [-0.15, -0.1) is 0 Å². The van der Waals surface area contributed by atoms with E-state index < -0.39 is 10.8 Å². The maximum absolute atomic E-state index is 11.8. The summed E-state index contributed by atoms with van der Waals surface area (Å²) in [5.41, 5.74) is 0. The molecule has 92 valence electrons. The summed E-state index contributed by atoms with van der Waals surface area (Å²) in [6.45, 7) is 0. The Morgan fingerprint density at radius 3 is 2.72 bits per heavy atom. The van der Waals surface area contributed by atoms with Crippen molar-refractivity contribution in [1.82, 2.24) is 4.98 Å².